The van der Waals surface area contributed by atoms with Gasteiger partial charge in [-0.05, 0) is 20.3 Å². The van der Waals surface area contributed by atoms with Gasteiger partial charge in [-0.2, -0.15) is 0 Å². The van der Waals surface area contributed by atoms with Gasteiger partial charge in [-0.25, -0.2) is 0 Å². The molecule has 0 radical (unpaired) electrons. The van der Waals surface area contributed by atoms with E-state index in [0.717, 1.165) is 6.42 Å². The third-order valence-corrected chi connectivity index (χ3v) is 1.18. The van der Waals surface area contributed by atoms with Crippen LogP contribution < -0.4 is 5.73 Å². The van der Waals surface area contributed by atoms with Crippen LogP contribution in [0.4, 0.5) is 0 Å². The second kappa shape index (κ2) is 3.71. The minimum Gasteiger partial charge on any atom is -0.325 e. The van der Waals surface area contributed by atoms with Crippen LogP contribution in [0.25, 0.3) is 0 Å². The van der Waals surface area contributed by atoms with Crippen molar-refractivity contribution in [1.29, 1.82) is 0 Å². The van der Waals surface area contributed by atoms with Crippen molar-refractivity contribution in [2.75, 3.05) is 0 Å². The molecule has 0 saturated heterocycles. The second-order valence-electron chi connectivity index (χ2n) is 3.45. The molecule has 0 aromatic rings. The van der Waals surface area contributed by atoms with Gasteiger partial charge in [0.25, 0.3) is 0 Å². The number of carbonyl (C=O) groups excluding carboxylic acids is 1. The normalized spacial score (nSPS) is 11.6. The highest BCUT2D eigenvalue weighted by atomic mass is 16.1. The van der Waals surface area contributed by atoms with Crippen molar-refractivity contribution >= 4 is 5.78 Å². The smallest absolute Gasteiger partial charge is 0.134 e. The SMILES string of the molecule is CCCC(=O)CC(C)(C)N. The van der Waals surface area contributed by atoms with Crippen LogP contribution in [0.5, 0.6) is 0 Å². The van der Waals surface area contributed by atoms with E-state index in [-0.39, 0.29) is 11.3 Å². The largest absolute Gasteiger partial charge is 0.325 e. The summed E-state index contributed by atoms with van der Waals surface area (Å²) in [6.07, 6.45) is 2.09. The number of ketones is 1. The van der Waals surface area contributed by atoms with E-state index < -0.39 is 0 Å². The fourth-order valence-corrected chi connectivity index (χ4v) is 0.875. The Labute approximate surface area is 62.8 Å². The summed E-state index contributed by atoms with van der Waals surface area (Å²) in [6.45, 7) is 5.75. The van der Waals surface area contributed by atoms with Crippen LogP contribution in [0.3, 0.4) is 0 Å². The Kier molecular flexibility index (Phi) is 3.58. The minimum absolute atomic E-state index is 0.273. The Hall–Kier alpha value is -0.370. The first-order valence-corrected chi connectivity index (χ1v) is 3.76. The van der Waals surface area contributed by atoms with Gasteiger partial charge in [-0.1, -0.05) is 6.92 Å². The lowest BCUT2D eigenvalue weighted by Gasteiger charge is -2.16. The molecule has 0 aliphatic carbocycles. The van der Waals surface area contributed by atoms with Crippen LogP contribution in [-0.4, -0.2) is 11.3 Å². The molecule has 0 unspecified atom stereocenters. The molecule has 0 saturated carbocycles. The third kappa shape index (κ3) is 5.76. The summed E-state index contributed by atoms with van der Waals surface area (Å²) in [6, 6.07) is 0. The number of Topliss-reactive ketones (excluding diaryl/α,β-unsaturated/α-hetero) is 1. The zero-order chi connectivity index (χ0) is 8.20. The first kappa shape index (κ1) is 9.63. The van der Waals surface area contributed by atoms with Gasteiger partial charge in [0.2, 0.25) is 0 Å². The van der Waals surface area contributed by atoms with Crippen molar-refractivity contribution < 1.29 is 4.79 Å². The molecule has 2 N–H and O–H groups in total. The fourth-order valence-electron chi connectivity index (χ4n) is 0.875. The first-order chi connectivity index (χ1) is 4.45. The van der Waals surface area contributed by atoms with Crippen LogP contribution in [0.1, 0.15) is 40.0 Å². The second-order valence-corrected chi connectivity index (χ2v) is 3.45. The monoisotopic (exact) mass is 143 g/mol. The maximum atomic E-state index is 11.0. The Balaban J connectivity index is 3.58. The molecule has 0 fully saturated rings. The molecule has 0 spiro atoms. The predicted molar refractivity (Wildman–Crippen MR) is 42.8 cm³/mol. The van der Waals surface area contributed by atoms with Crippen LogP contribution in [0, 0.1) is 0 Å². The lowest BCUT2D eigenvalue weighted by atomic mass is 9.97. The van der Waals surface area contributed by atoms with Crippen molar-refractivity contribution in [3.8, 4) is 0 Å². The van der Waals surface area contributed by atoms with Gasteiger partial charge in [0.15, 0.2) is 0 Å². The molecule has 2 nitrogen and oxygen atoms in total. The van der Waals surface area contributed by atoms with E-state index >= 15 is 0 Å². The van der Waals surface area contributed by atoms with Gasteiger partial charge >= 0.3 is 0 Å². The Morgan fingerprint density at radius 1 is 1.50 bits per heavy atom. The molecule has 0 rings (SSSR count). The molecule has 0 amide bonds. The molecule has 0 aromatic heterocycles. The van der Waals surface area contributed by atoms with Crippen LogP contribution in [0.2, 0.25) is 0 Å². The van der Waals surface area contributed by atoms with Crippen molar-refractivity contribution in [3.63, 3.8) is 0 Å². The van der Waals surface area contributed by atoms with Gasteiger partial charge < -0.3 is 5.73 Å². The first-order valence-electron chi connectivity index (χ1n) is 3.76. The summed E-state index contributed by atoms with van der Waals surface area (Å²) < 4.78 is 0. The van der Waals surface area contributed by atoms with E-state index in [2.05, 4.69) is 0 Å². The highest BCUT2D eigenvalue weighted by Gasteiger charge is 2.14. The van der Waals surface area contributed by atoms with Crippen molar-refractivity contribution in [3.05, 3.63) is 0 Å². The van der Waals surface area contributed by atoms with E-state index in [4.69, 9.17) is 5.73 Å². The van der Waals surface area contributed by atoms with Crippen molar-refractivity contribution in [2.45, 2.75) is 45.6 Å². The average Bonchev–Trinajstić information content (AvgIpc) is 1.59. The quantitative estimate of drug-likeness (QED) is 0.647. The van der Waals surface area contributed by atoms with Gasteiger partial charge in [0.05, 0.1) is 0 Å². The van der Waals surface area contributed by atoms with E-state index in [9.17, 15) is 4.79 Å². The van der Waals surface area contributed by atoms with E-state index in [1.807, 2.05) is 20.8 Å². The van der Waals surface area contributed by atoms with Crippen molar-refractivity contribution in [1.82, 2.24) is 0 Å². The van der Waals surface area contributed by atoms with E-state index in [1.54, 1.807) is 0 Å². The highest BCUT2D eigenvalue weighted by molar-refractivity contribution is 5.79. The number of nitrogens with two attached hydrogens (primary N) is 1. The van der Waals surface area contributed by atoms with Crippen LogP contribution in [0.15, 0.2) is 0 Å². The topological polar surface area (TPSA) is 43.1 Å². The molecular formula is C8H17NO. The van der Waals surface area contributed by atoms with Crippen LogP contribution in [-0.2, 0) is 4.79 Å². The summed E-state index contributed by atoms with van der Waals surface area (Å²) in [5.74, 6) is 0.273. The Morgan fingerprint density at radius 2 is 2.00 bits per heavy atom. The predicted octanol–water partition coefficient (Wildman–Crippen LogP) is 1.48. The molecule has 2 heteroatoms. The summed E-state index contributed by atoms with van der Waals surface area (Å²) in [5, 5.41) is 0. The lowest BCUT2D eigenvalue weighted by Crippen LogP contribution is -2.34. The Morgan fingerprint density at radius 3 is 2.30 bits per heavy atom. The molecule has 0 aliphatic rings. The van der Waals surface area contributed by atoms with Crippen molar-refractivity contribution in [2.24, 2.45) is 5.73 Å². The fraction of sp³-hybridized carbons (Fsp3) is 0.875. The van der Waals surface area contributed by atoms with Gasteiger partial charge in [-0.3, -0.25) is 4.79 Å². The molecule has 0 heterocycles. The maximum absolute atomic E-state index is 11.0. The molecule has 0 bridgehead atoms. The number of rotatable bonds is 4. The number of carbonyl (C=O) groups is 1. The van der Waals surface area contributed by atoms with E-state index in [1.165, 1.54) is 0 Å². The number of hydrogen-bond acceptors (Lipinski definition) is 2. The van der Waals surface area contributed by atoms with Crippen LogP contribution >= 0.6 is 0 Å². The summed E-state index contributed by atoms with van der Waals surface area (Å²) in [5.41, 5.74) is 5.32. The van der Waals surface area contributed by atoms with Gasteiger partial charge in [0, 0.05) is 18.4 Å². The molecule has 0 aromatic carbocycles. The Bertz CT molecular complexity index is 113. The lowest BCUT2D eigenvalue weighted by molar-refractivity contribution is -0.120. The standard InChI is InChI=1S/C8H17NO/c1-4-5-7(10)6-8(2,3)9/h4-6,9H2,1-3H3. The highest BCUT2D eigenvalue weighted by Crippen LogP contribution is 2.06. The molecule has 0 atom stereocenters. The number of hydrogen-bond donors (Lipinski definition) is 1. The van der Waals surface area contributed by atoms with Gasteiger partial charge in [0.1, 0.15) is 5.78 Å². The zero-order valence-corrected chi connectivity index (χ0v) is 7.11. The van der Waals surface area contributed by atoms with E-state index in [0.29, 0.717) is 12.8 Å². The molecule has 10 heavy (non-hydrogen) atoms. The minimum atomic E-state index is -0.327. The average molecular weight is 143 g/mol. The molecule has 0 aliphatic heterocycles. The molecular weight excluding hydrogens is 126 g/mol. The van der Waals surface area contributed by atoms with Gasteiger partial charge in [-0.15, -0.1) is 0 Å². The summed E-state index contributed by atoms with van der Waals surface area (Å²) in [4.78, 5) is 11.0. The summed E-state index contributed by atoms with van der Waals surface area (Å²) >= 11 is 0. The zero-order valence-electron chi connectivity index (χ0n) is 7.11. The summed E-state index contributed by atoms with van der Waals surface area (Å²) in [7, 11) is 0. The maximum Gasteiger partial charge on any atom is 0.134 e. The molecule has 60 valence electrons. The third-order valence-electron chi connectivity index (χ3n) is 1.18.